The average Bonchev–Trinajstić information content (AvgIpc) is 2.81. The van der Waals surface area contributed by atoms with Gasteiger partial charge in [0.1, 0.15) is 24.4 Å². The lowest BCUT2D eigenvalue weighted by Crippen LogP contribution is -2.58. The summed E-state index contributed by atoms with van der Waals surface area (Å²) in [6.45, 7) is 11.6. The van der Waals surface area contributed by atoms with E-state index in [1.54, 1.807) is 19.9 Å². The Morgan fingerprint density at radius 2 is 1.92 bits per heavy atom. The van der Waals surface area contributed by atoms with E-state index in [0.717, 1.165) is 0 Å². The van der Waals surface area contributed by atoms with Crippen LogP contribution in [0.25, 0.3) is 0 Å². The molecule has 7 heteroatoms. The quantitative estimate of drug-likeness (QED) is 0.699. The third kappa shape index (κ3) is 4.54. The highest BCUT2D eigenvalue weighted by Crippen LogP contribution is 2.37. The first kappa shape index (κ1) is 19.3. The third-order valence-corrected chi connectivity index (χ3v) is 4.12. The molecule has 0 radical (unpaired) electrons. The molecule has 7 nitrogen and oxygen atoms in total. The molecular weight excluding hydrogens is 312 g/mol. The highest BCUT2D eigenvalue weighted by atomic mass is 16.8. The highest BCUT2D eigenvalue weighted by molar-refractivity contribution is 5.00. The molecule has 24 heavy (non-hydrogen) atoms. The van der Waals surface area contributed by atoms with Crippen molar-refractivity contribution in [2.24, 2.45) is 0 Å². The normalized spacial score (nSPS) is 36.0. The Balaban J connectivity index is 2.23. The number of nitriles is 1. The van der Waals surface area contributed by atoms with E-state index in [1.807, 2.05) is 13.8 Å². The van der Waals surface area contributed by atoms with Gasteiger partial charge in [0.15, 0.2) is 11.6 Å². The molecule has 2 saturated heterocycles. The number of hydrogen-bond acceptors (Lipinski definition) is 7. The number of nitrogens with one attached hydrogen (secondary N) is 1. The van der Waals surface area contributed by atoms with Crippen LogP contribution < -0.4 is 5.32 Å². The summed E-state index contributed by atoms with van der Waals surface area (Å²) < 4.78 is 23.5. The molecule has 0 aromatic carbocycles. The van der Waals surface area contributed by atoms with Crippen LogP contribution in [0.3, 0.4) is 0 Å². The fourth-order valence-corrected chi connectivity index (χ4v) is 3.13. The standard InChI is InChI=1S/C17H28N2O5/c1-6-9-19-11(7-8-18)13-15(24-17(4,5)22-13)14-12(20)10-21-16(2,3)23-14/h6,11-15,19-20H,1,7,9-10H2,2-5H3/t11-,12+,13+,14+,15+/m0/s1. The number of rotatable bonds is 6. The van der Waals surface area contributed by atoms with Gasteiger partial charge in [0.25, 0.3) is 0 Å². The van der Waals surface area contributed by atoms with Gasteiger partial charge in [-0.25, -0.2) is 0 Å². The molecule has 5 atom stereocenters. The van der Waals surface area contributed by atoms with E-state index >= 15 is 0 Å². The Morgan fingerprint density at radius 1 is 1.25 bits per heavy atom. The van der Waals surface area contributed by atoms with Crippen LogP contribution in [-0.4, -0.2) is 60.3 Å². The number of nitrogens with zero attached hydrogens (tertiary/aromatic N) is 1. The monoisotopic (exact) mass is 340 g/mol. The lowest BCUT2D eigenvalue weighted by atomic mass is 9.95. The first-order valence-electron chi connectivity index (χ1n) is 8.26. The fraction of sp³-hybridized carbons (Fsp3) is 0.824. The summed E-state index contributed by atoms with van der Waals surface area (Å²) in [5.41, 5.74) is 0. The summed E-state index contributed by atoms with van der Waals surface area (Å²) in [6.07, 6.45) is -0.417. The molecule has 2 fully saturated rings. The van der Waals surface area contributed by atoms with Gasteiger partial charge < -0.3 is 29.4 Å². The lowest BCUT2D eigenvalue weighted by molar-refractivity contribution is -0.322. The molecule has 2 heterocycles. The average molecular weight is 340 g/mol. The topological polar surface area (TPSA) is 93.0 Å². The lowest BCUT2D eigenvalue weighted by Gasteiger charge is -2.42. The molecule has 0 unspecified atom stereocenters. The predicted molar refractivity (Wildman–Crippen MR) is 87.0 cm³/mol. The SMILES string of the molecule is C=CCN[C@@H](CC#N)[C@H]1OC(C)(C)O[C@H]1[C@@H]1OC(C)(C)OC[C@H]1O. The van der Waals surface area contributed by atoms with E-state index in [1.165, 1.54) is 0 Å². The maximum atomic E-state index is 10.4. The van der Waals surface area contributed by atoms with E-state index in [0.29, 0.717) is 6.54 Å². The summed E-state index contributed by atoms with van der Waals surface area (Å²) in [4.78, 5) is 0. The molecule has 0 spiro atoms. The van der Waals surface area contributed by atoms with Crippen LogP contribution >= 0.6 is 0 Å². The van der Waals surface area contributed by atoms with Crippen LogP contribution in [0.15, 0.2) is 12.7 Å². The molecule has 2 aliphatic heterocycles. The highest BCUT2D eigenvalue weighted by Gasteiger charge is 2.53. The van der Waals surface area contributed by atoms with Gasteiger partial charge in [-0.2, -0.15) is 5.26 Å². The Labute approximate surface area is 143 Å². The number of aliphatic hydroxyl groups excluding tert-OH is 1. The number of hydrogen-bond donors (Lipinski definition) is 2. The minimum absolute atomic E-state index is 0.160. The van der Waals surface area contributed by atoms with Crippen molar-refractivity contribution in [2.75, 3.05) is 13.2 Å². The Bertz CT molecular complexity index is 488. The van der Waals surface area contributed by atoms with E-state index in [9.17, 15) is 5.11 Å². The van der Waals surface area contributed by atoms with Crippen LogP contribution in [-0.2, 0) is 18.9 Å². The van der Waals surface area contributed by atoms with Crippen molar-refractivity contribution in [3.63, 3.8) is 0 Å². The molecule has 0 aliphatic carbocycles. The van der Waals surface area contributed by atoms with Crippen molar-refractivity contribution >= 4 is 0 Å². The Morgan fingerprint density at radius 3 is 2.54 bits per heavy atom. The van der Waals surface area contributed by atoms with Gasteiger partial charge in [0.2, 0.25) is 0 Å². The second-order valence-electron chi connectivity index (χ2n) is 7.09. The molecular formula is C17H28N2O5. The van der Waals surface area contributed by atoms with Gasteiger partial charge in [-0.1, -0.05) is 6.08 Å². The van der Waals surface area contributed by atoms with Gasteiger partial charge in [-0.15, -0.1) is 6.58 Å². The molecule has 0 bridgehead atoms. The summed E-state index contributed by atoms with van der Waals surface area (Å²) in [6, 6.07) is 1.91. The summed E-state index contributed by atoms with van der Waals surface area (Å²) in [5, 5.41) is 22.7. The molecule has 2 N–H and O–H groups in total. The van der Waals surface area contributed by atoms with E-state index in [-0.39, 0.29) is 19.1 Å². The second kappa shape index (κ2) is 7.48. The summed E-state index contributed by atoms with van der Waals surface area (Å²) >= 11 is 0. The van der Waals surface area contributed by atoms with Crippen LogP contribution in [0.2, 0.25) is 0 Å². The van der Waals surface area contributed by atoms with E-state index in [4.69, 9.17) is 24.2 Å². The molecule has 2 rings (SSSR count). The zero-order valence-corrected chi connectivity index (χ0v) is 14.8. The number of ether oxygens (including phenoxy) is 4. The van der Waals surface area contributed by atoms with Crippen molar-refractivity contribution in [3.05, 3.63) is 12.7 Å². The van der Waals surface area contributed by atoms with Gasteiger partial charge in [0, 0.05) is 12.6 Å². The van der Waals surface area contributed by atoms with Crippen molar-refractivity contribution in [3.8, 4) is 6.07 Å². The summed E-state index contributed by atoms with van der Waals surface area (Å²) in [7, 11) is 0. The molecule has 0 saturated carbocycles. The molecule has 0 amide bonds. The predicted octanol–water partition coefficient (Wildman–Crippen LogP) is 1.08. The van der Waals surface area contributed by atoms with Gasteiger partial charge >= 0.3 is 0 Å². The zero-order chi connectivity index (χ0) is 18.0. The minimum Gasteiger partial charge on any atom is -0.388 e. The summed E-state index contributed by atoms with van der Waals surface area (Å²) in [5.74, 6) is -1.64. The molecule has 2 aliphatic rings. The van der Waals surface area contributed by atoms with Crippen LogP contribution in [0.5, 0.6) is 0 Å². The molecule has 0 aromatic rings. The van der Waals surface area contributed by atoms with E-state index in [2.05, 4.69) is 18.0 Å². The van der Waals surface area contributed by atoms with E-state index < -0.39 is 36.0 Å². The zero-order valence-electron chi connectivity index (χ0n) is 14.8. The maximum Gasteiger partial charge on any atom is 0.163 e. The first-order chi connectivity index (χ1) is 11.2. The Hall–Kier alpha value is -1.01. The van der Waals surface area contributed by atoms with Crippen molar-refractivity contribution < 1.29 is 24.1 Å². The largest absolute Gasteiger partial charge is 0.388 e. The maximum absolute atomic E-state index is 10.4. The van der Waals surface area contributed by atoms with Crippen molar-refractivity contribution in [1.29, 1.82) is 5.26 Å². The second-order valence-corrected chi connectivity index (χ2v) is 7.09. The number of aliphatic hydroxyl groups is 1. The Kier molecular flexibility index (Phi) is 6.02. The van der Waals surface area contributed by atoms with Crippen LogP contribution in [0.1, 0.15) is 34.1 Å². The van der Waals surface area contributed by atoms with Crippen LogP contribution in [0, 0.1) is 11.3 Å². The van der Waals surface area contributed by atoms with Crippen molar-refractivity contribution in [1.82, 2.24) is 5.32 Å². The third-order valence-electron chi connectivity index (χ3n) is 4.12. The molecule has 136 valence electrons. The first-order valence-corrected chi connectivity index (χ1v) is 8.26. The van der Waals surface area contributed by atoms with Gasteiger partial charge in [0.05, 0.1) is 19.1 Å². The van der Waals surface area contributed by atoms with Crippen LogP contribution in [0.4, 0.5) is 0 Å². The smallest absolute Gasteiger partial charge is 0.163 e. The van der Waals surface area contributed by atoms with Crippen molar-refractivity contribution in [2.45, 2.75) is 76.1 Å². The van der Waals surface area contributed by atoms with Gasteiger partial charge in [-0.05, 0) is 27.7 Å². The molecule has 0 aromatic heterocycles. The minimum atomic E-state index is -0.829. The van der Waals surface area contributed by atoms with Gasteiger partial charge in [-0.3, -0.25) is 0 Å². The fourth-order valence-electron chi connectivity index (χ4n) is 3.13.